The lowest BCUT2D eigenvalue weighted by Crippen LogP contribution is -2.25. The lowest BCUT2D eigenvalue weighted by molar-refractivity contribution is -0.127. The van der Waals surface area contributed by atoms with Crippen LogP contribution in [0.15, 0.2) is 12.2 Å². The Balaban J connectivity index is 1.78. The molecule has 1 saturated heterocycles. The molecule has 1 rings (SSSR count). The first kappa shape index (κ1) is 17.3. The molecule has 20 heavy (non-hydrogen) atoms. The van der Waals surface area contributed by atoms with Crippen LogP contribution in [-0.2, 0) is 4.79 Å². The number of unbranched alkanes of at least 4 members (excludes halogenated alkanes) is 8. The Hall–Kier alpha value is -0.790. The zero-order valence-electron chi connectivity index (χ0n) is 13.4. The van der Waals surface area contributed by atoms with Crippen LogP contribution in [0.4, 0.5) is 0 Å². The van der Waals surface area contributed by atoms with Crippen molar-refractivity contribution in [1.29, 1.82) is 0 Å². The Kier molecular flexibility index (Phi) is 10.3. The molecule has 0 radical (unpaired) electrons. The van der Waals surface area contributed by atoms with Crippen LogP contribution in [0, 0.1) is 0 Å². The van der Waals surface area contributed by atoms with Gasteiger partial charge < -0.3 is 4.90 Å². The number of hydrogen-bond donors (Lipinski definition) is 0. The summed E-state index contributed by atoms with van der Waals surface area (Å²) in [7, 11) is 0. The van der Waals surface area contributed by atoms with Gasteiger partial charge in [0.15, 0.2) is 0 Å². The van der Waals surface area contributed by atoms with Gasteiger partial charge in [0.1, 0.15) is 0 Å². The summed E-state index contributed by atoms with van der Waals surface area (Å²) >= 11 is 0. The molecule has 0 spiro atoms. The smallest absolute Gasteiger partial charge is 0.222 e. The first-order chi connectivity index (χ1) is 9.84. The molecule has 0 unspecified atom stereocenters. The van der Waals surface area contributed by atoms with E-state index < -0.39 is 0 Å². The molecule has 1 aliphatic heterocycles. The van der Waals surface area contributed by atoms with E-state index in [0.29, 0.717) is 5.91 Å². The third kappa shape index (κ3) is 8.39. The molecule has 2 nitrogen and oxygen atoms in total. The quantitative estimate of drug-likeness (QED) is 0.360. The summed E-state index contributed by atoms with van der Waals surface area (Å²) in [5.74, 6) is 0.375. The normalized spacial score (nSPS) is 15.7. The Morgan fingerprint density at radius 2 is 1.60 bits per heavy atom. The number of carbonyl (C=O) groups excluding carboxylic acids is 1. The van der Waals surface area contributed by atoms with E-state index in [1.807, 2.05) is 4.90 Å². The lowest BCUT2D eigenvalue weighted by Gasteiger charge is -2.14. The van der Waals surface area contributed by atoms with Gasteiger partial charge in [-0.05, 0) is 32.1 Å². The summed E-state index contributed by atoms with van der Waals surface area (Å²) in [6, 6.07) is 0. The van der Waals surface area contributed by atoms with Gasteiger partial charge >= 0.3 is 0 Å². The summed E-state index contributed by atoms with van der Waals surface area (Å²) in [6.45, 7) is 4.25. The molecule has 116 valence electrons. The van der Waals surface area contributed by atoms with Gasteiger partial charge in [0.2, 0.25) is 5.91 Å². The number of likely N-dealkylation sites (tertiary alicyclic amines) is 1. The minimum Gasteiger partial charge on any atom is -0.343 e. The Labute approximate surface area is 125 Å². The molecule has 0 aromatic carbocycles. The van der Waals surface area contributed by atoms with Crippen LogP contribution in [0.2, 0.25) is 0 Å². The Morgan fingerprint density at radius 3 is 2.25 bits per heavy atom. The van der Waals surface area contributed by atoms with Gasteiger partial charge in [-0.3, -0.25) is 4.79 Å². The molecule has 0 atom stereocenters. The number of carbonyl (C=O) groups is 1. The predicted octanol–water partition coefficient (Wildman–Crippen LogP) is 5.09. The highest BCUT2D eigenvalue weighted by molar-refractivity contribution is 5.77. The standard InChI is InChI=1S/C18H33NO/c1-2-3-4-5-6-7-8-9-10-11-12-13-16-19-17-14-15-18(19)20/h5-6H,2-4,7-17H2,1H3/b6-5-. The zero-order chi connectivity index (χ0) is 14.5. The van der Waals surface area contributed by atoms with Gasteiger partial charge in [-0.15, -0.1) is 0 Å². The second-order valence-electron chi connectivity index (χ2n) is 6.01. The molecule has 0 aromatic heterocycles. The highest BCUT2D eigenvalue weighted by Crippen LogP contribution is 2.12. The fourth-order valence-electron chi connectivity index (χ4n) is 2.77. The molecule has 0 aromatic rings. The summed E-state index contributed by atoms with van der Waals surface area (Å²) in [5, 5.41) is 0. The van der Waals surface area contributed by atoms with Crippen LogP contribution < -0.4 is 0 Å². The molecular formula is C18H33NO. The summed E-state index contributed by atoms with van der Waals surface area (Å²) in [5.41, 5.74) is 0. The van der Waals surface area contributed by atoms with Crippen molar-refractivity contribution in [2.45, 2.75) is 84.0 Å². The van der Waals surface area contributed by atoms with Crippen LogP contribution in [0.5, 0.6) is 0 Å². The number of nitrogens with zero attached hydrogens (tertiary/aromatic N) is 1. The Morgan fingerprint density at radius 1 is 0.950 bits per heavy atom. The maximum Gasteiger partial charge on any atom is 0.222 e. The number of hydrogen-bond acceptors (Lipinski definition) is 1. The average Bonchev–Trinajstić information content (AvgIpc) is 2.85. The highest BCUT2D eigenvalue weighted by atomic mass is 16.2. The maximum atomic E-state index is 11.4. The average molecular weight is 279 g/mol. The lowest BCUT2D eigenvalue weighted by atomic mass is 10.1. The van der Waals surface area contributed by atoms with Crippen molar-refractivity contribution < 1.29 is 4.79 Å². The molecular weight excluding hydrogens is 246 g/mol. The van der Waals surface area contributed by atoms with Crippen LogP contribution in [0.1, 0.15) is 84.0 Å². The van der Waals surface area contributed by atoms with E-state index in [1.54, 1.807) is 0 Å². The fourth-order valence-corrected chi connectivity index (χ4v) is 2.77. The van der Waals surface area contributed by atoms with Crippen molar-refractivity contribution in [3.63, 3.8) is 0 Å². The topological polar surface area (TPSA) is 20.3 Å². The third-order valence-corrected chi connectivity index (χ3v) is 4.11. The molecule has 0 N–H and O–H groups in total. The number of allylic oxidation sites excluding steroid dienone is 2. The molecule has 1 heterocycles. The van der Waals surface area contributed by atoms with Crippen molar-refractivity contribution >= 4 is 5.91 Å². The SMILES string of the molecule is CCCC/C=C\CCCCCCCCN1CCCC1=O. The van der Waals surface area contributed by atoms with Crippen LogP contribution in [-0.4, -0.2) is 23.9 Å². The molecule has 0 bridgehead atoms. The molecule has 0 saturated carbocycles. The minimum absolute atomic E-state index is 0.375. The monoisotopic (exact) mass is 279 g/mol. The van der Waals surface area contributed by atoms with Crippen molar-refractivity contribution in [3.05, 3.63) is 12.2 Å². The summed E-state index contributed by atoms with van der Waals surface area (Å²) in [4.78, 5) is 13.5. The highest BCUT2D eigenvalue weighted by Gasteiger charge is 2.18. The van der Waals surface area contributed by atoms with E-state index in [0.717, 1.165) is 25.9 Å². The second kappa shape index (κ2) is 12.0. The summed E-state index contributed by atoms with van der Waals surface area (Å²) in [6.07, 6.45) is 19.6. The van der Waals surface area contributed by atoms with E-state index >= 15 is 0 Å². The second-order valence-corrected chi connectivity index (χ2v) is 6.01. The first-order valence-corrected chi connectivity index (χ1v) is 8.77. The van der Waals surface area contributed by atoms with E-state index in [2.05, 4.69) is 19.1 Å². The predicted molar refractivity (Wildman–Crippen MR) is 86.8 cm³/mol. The fraction of sp³-hybridized carbons (Fsp3) is 0.833. The largest absolute Gasteiger partial charge is 0.343 e. The van der Waals surface area contributed by atoms with Crippen molar-refractivity contribution in [3.8, 4) is 0 Å². The van der Waals surface area contributed by atoms with E-state index in [-0.39, 0.29) is 0 Å². The number of amides is 1. The van der Waals surface area contributed by atoms with Gasteiger partial charge in [-0.1, -0.05) is 57.6 Å². The van der Waals surface area contributed by atoms with Gasteiger partial charge in [0, 0.05) is 19.5 Å². The molecule has 1 aliphatic rings. The Bertz CT molecular complexity index is 273. The van der Waals surface area contributed by atoms with Crippen molar-refractivity contribution in [2.75, 3.05) is 13.1 Å². The van der Waals surface area contributed by atoms with E-state index in [4.69, 9.17) is 0 Å². The number of rotatable bonds is 12. The van der Waals surface area contributed by atoms with Crippen LogP contribution in [0.3, 0.4) is 0 Å². The zero-order valence-corrected chi connectivity index (χ0v) is 13.4. The van der Waals surface area contributed by atoms with Crippen LogP contribution >= 0.6 is 0 Å². The van der Waals surface area contributed by atoms with Crippen molar-refractivity contribution in [2.24, 2.45) is 0 Å². The first-order valence-electron chi connectivity index (χ1n) is 8.77. The maximum absolute atomic E-state index is 11.4. The van der Waals surface area contributed by atoms with Gasteiger partial charge in [-0.2, -0.15) is 0 Å². The van der Waals surface area contributed by atoms with Gasteiger partial charge in [-0.25, -0.2) is 0 Å². The van der Waals surface area contributed by atoms with Crippen molar-refractivity contribution in [1.82, 2.24) is 4.90 Å². The molecule has 1 amide bonds. The van der Waals surface area contributed by atoms with Gasteiger partial charge in [0.25, 0.3) is 0 Å². The van der Waals surface area contributed by atoms with E-state index in [1.165, 1.54) is 64.2 Å². The van der Waals surface area contributed by atoms with Crippen LogP contribution in [0.25, 0.3) is 0 Å². The third-order valence-electron chi connectivity index (χ3n) is 4.11. The molecule has 0 aliphatic carbocycles. The van der Waals surface area contributed by atoms with E-state index in [9.17, 15) is 4.79 Å². The minimum atomic E-state index is 0.375. The molecule has 2 heteroatoms. The summed E-state index contributed by atoms with van der Waals surface area (Å²) < 4.78 is 0. The molecule has 1 fully saturated rings. The van der Waals surface area contributed by atoms with Gasteiger partial charge in [0.05, 0.1) is 0 Å².